The molecule has 7 nitrogen and oxygen atoms in total. The van der Waals surface area contributed by atoms with Gasteiger partial charge in [0.25, 0.3) is 0 Å². The number of nitrogens with one attached hydrogen (secondary N) is 2. The van der Waals surface area contributed by atoms with E-state index in [1.54, 1.807) is 0 Å². The van der Waals surface area contributed by atoms with Crippen LogP contribution in [0.4, 0.5) is 0 Å². The third-order valence-electron chi connectivity index (χ3n) is 5.67. The number of nitrogens with zero attached hydrogens (tertiary/aromatic N) is 3. The zero-order valence-corrected chi connectivity index (χ0v) is 19.9. The number of carbonyl (C=O) groups excluding carboxylic acids is 2. The van der Waals surface area contributed by atoms with Gasteiger partial charge in [0.1, 0.15) is 0 Å². The molecule has 2 aliphatic rings. The largest absolute Gasteiger partial charge is 0.356 e. The molecular weight excluding hydrogens is 398 g/mol. The highest BCUT2D eigenvalue weighted by Gasteiger charge is 2.24. The highest BCUT2D eigenvalue weighted by Crippen LogP contribution is 2.25. The third kappa shape index (κ3) is 9.14. The first-order valence-corrected chi connectivity index (χ1v) is 12.7. The van der Waals surface area contributed by atoms with Crippen molar-refractivity contribution in [2.75, 3.05) is 52.1 Å². The Bertz CT molecular complexity index is 556. The van der Waals surface area contributed by atoms with E-state index >= 15 is 0 Å². The van der Waals surface area contributed by atoms with Crippen LogP contribution in [-0.2, 0) is 9.59 Å². The number of aliphatic imine (C=N–C) groups is 1. The zero-order chi connectivity index (χ0) is 21.8. The average Bonchev–Trinajstić information content (AvgIpc) is 3.25. The van der Waals surface area contributed by atoms with E-state index in [0.717, 1.165) is 38.3 Å². The topological polar surface area (TPSA) is 77.0 Å². The Morgan fingerprint density at radius 1 is 1.03 bits per heavy atom. The molecule has 172 valence electrons. The maximum absolute atomic E-state index is 12.4. The van der Waals surface area contributed by atoms with Gasteiger partial charge in [0, 0.05) is 64.4 Å². The van der Waals surface area contributed by atoms with Crippen molar-refractivity contribution in [3.8, 4) is 0 Å². The van der Waals surface area contributed by atoms with E-state index in [-0.39, 0.29) is 11.8 Å². The summed E-state index contributed by atoms with van der Waals surface area (Å²) in [5.41, 5.74) is 0. The van der Waals surface area contributed by atoms with Gasteiger partial charge in [0.05, 0.1) is 0 Å². The van der Waals surface area contributed by atoms with E-state index in [9.17, 15) is 9.59 Å². The Labute approximate surface area is 186 Å². The third-order valence-corrected chi connectivity index (χ3v) is 7.07. The lowest BCUT2D eigenvalue weighted by Gasteiger charge is -2.35. The first kappa shape index (κ1) is 24.8. The van der Waals surface area contributed by atoms with Crippen molar-refractivity contribution in [2.24, 2.45) is 10.9 Å². The molecule has 2 fully saturated rings. The fraction of sp³-hybridized carbons (Fsp3) is 0.864. The summed E-state index contributed by atoms with van der Waals surface area (Å²) in [6.45, 7) is 8.68. The van der Waals surface area contributed by atoms with Gasteiger partial charge in [-0.1, -0.05) is 20.3 Å². The second kappa shape index (κ2) is 13.8. The van der Waals surface area contributed by atoms with Crippen molar-refractivity contribution in [3.63, 3.8) is 0 Å². The molecule has 0 radical (unpaired) electrons. The molecule has 0 aromatic heterocycles. The van der Waals surface area contributed by atoms with Crippen LogP contribution in [0.5, 0.6) is 0 Å². The Morgan fingerprint density at radius 3 is 2.33 bits per heavy atom. The first-order valence-electron chi connectivity index (χ1n) is 11.6. The molecule has 0 spiro atoms. The molecule has 2 aliphatic heterocycles. The molecule has 2 amide bonds. The van der Waals surface area contributed by atoms with Crippen LogP contribution in [-0.4, -0.2) is 84.9 Å². The summed E-state index contributed by atoms with van der Waals surface area (Å²) in [5, 5.41) is 7.50. The quantitative estimate of drug-likeness (QED) is 0.310. The predicted octanol–water partition coefficient (Wildman–Crippen LogP) is 2.32. The minimum absolute atomic E-state index is 0.219. The van der Waals surface area contributed by atoms with Crippen molar-refractivity contribution >= 4 is 29.5 Å². The van der Waals surface area contributed by atoms with Gasteiger partial charge in [0.15, 0.2) is 5.96 Å². The van der Waals surface area contributed by atoms with Gasteiger partial charge in [-0.3, -0.25) is 14.6 Å². The fourth-order valence-corrected chi connectivity index (χ4v) is 5.06. The number of piperazine rings is 1. The van der Waals surface area contributed by atoms with Crippen LogP contribution in [0.25, 0.3) is 0 Å². The number of amides is 2. The lowest BCUT2D eigenvalue weighted by molar-refractivity contribution is -0.140. The van der Waals surface area contributed by atoms with E-state index < -0.39 is 0 Å². The van der Waals surface area contributed by atoms with Crippen LogP contribution in [0, 0.1) is 5.92 Å². The molecule has 1 unspecified atom stereocenters. The molecule has 30 heavy (non-hydrogen) atoms. The molecule has 2 saturated heterocycles. The standard InChI is InChI=1S/C22H41N5O2S/c1-18(2)16-21(29)27-13-11-26(12-14-27)20(28)9-5-4-6-10-24-22(23-3)25-17-19-8-7-15-30-19/h18-19H,4-17H2,1-3H3,(H2,23,24,25). The molecule has 0 aromatic carbocycles. The molecular formula is C22H41N5O2S. The maximum atomic E-state index is 12.4. The number of guanidine groups is 1. The fourth-order valence-electron chi connectivity index (χ4n) is 3.86. The van der Waals surface area contributed by atoms with E-state index in [1.807, 2.05) is 28.6 Å². The van der Waals surface area contributed by atoms with Crippen molar-refractivity contribution in [1.29, 1.82) is 0 Å². The Balaban J connectivity index is 1.50. The number of rotatable bonds is 10. The summed E-state index contributed by atoms with van der Waals surface area (Å²) < 4.78 is 0. The number of carbonyl (C=O) groups is 2. The normalized spacial score (nSPS) is 20.0. The minimum atomic E-state index is 0.219. The number of hydrogen-bond donors (Lipinski definition) is 2. The molecule has 1 atom stereocenters. The van der Waals surface area contributed by atoms with Crippen LogP contribution in [0.2, 0.25) is 0 Å². The maximum Gasteiger partial charge on any atom is 0.222 e. The number of thioether (sulfide) groups is 1. The molecule has 2 rings (SSSR count). The van der Waals surface area contributed by atoms with Gasteiger partial charge < -0.3 is 20.4 Å². The SMILES string of the molecule is CN=C(NCCCCCC(=O)N1CCN(C(=O)CC(C)C)CC1)NCC1CCCS1. The van der Waals surface area contributed by atoms with E-state index in [0.29, 0.717) is 50.2 Å². The van der Waals surface area contributed by atoms with Crippen LogP contribution in [0.3, 0.4) is 0 Å². The van der Waals surface area contributed by atoms with Gasteiger partial charge in [-0.05, 0) is 37.4 Å². The van der Waals surface area contributed by atoms with Gasteiger partial charge in [0.2, 0.25) is 11.8 Å². The molecule has 2 heterocycles. The van der Waals surface area contributed by atoms with Crippen molar-refractivity contribution in [3.05, 3.63) is 0 Å². The molecule has 2 N–H and O–H groups in total. The highest BCUT2D eigenvalue weighted by molar-refractivity contribution is 8.00. The van der Waals surface area contributed by atoms with E-state index in [1.165, 1.54) is 18.6 Å². The lowest BCUT2D eigenvalue weighted by atomic mass is 10.1. The Kier molecular flexibility index (Phi) is 11.4. The van der Waals surface area contributed by atoms with Crippen LogP contribution >= 0.6 is 11.8 Å². The Hall–Kier alpha value is -1.44. The summed E-state index contributed by atoms with van der Waals surface area (Å²) in [4.78, 5) is 32.7. The number of unbranched alkanes of at least 4 members (excludes halogenated alkanes) is 2. The van der Waals surface area contributed by atoms with Crippen LogP contribution in [0.15, 0.2) is 4.99 Å². The highest BCUT2D eigenvalue weighted by atomic mass is 32.2. The molecule has 0 aliphatic carbocycles. The summed E-state index contributed by atoms with van der Waals surface area (Å²) >= 11 is 2.05. The summed E-state index contributed by atoms with van der Waals surface area (Å²) in [5.74, 6) is 2.99. The molecule has 0 aromatic rings. The van der Waals surface area contributed by atoms with Gasteiger partial charge in [-0.25, -0.2) is 0 Å². The molecule has 8 heteroatoms. The Morgan fingerprint density at radius 2 is 1.73 bits per heavy atom. The van der Waals surface area contributed by atoms with Crippen molar-refractivity contribution in [2.45, 2.75) is 64.0 Å². The van der Waals surface area contributed by atoms with Crippen LogP contribution in [0.1, 0.15) is 58.8 Å². The predicted molar refractivity (Wildman–Crippen MR) is 126 cm³/mol. The van der Waals surface area contributed by atoms with E-state index in [2.05, 4.69) is 29.5 Å². The first-order chi connectivity index (χ1) is 14.5. The summed E-state index contributed by atoms with van der Waals surface area (Å²) in [7, 11) is 1.81. The number of hydrogen-bond acceptors (Lipinski definition) is 4. The second-order valence-corrected chi connectivity index (χ2v) is 10.1. The minimum Gasteiger partial charge on any atom is -0.356 e. The van der Waals surface area contributed by atoms with Crippen molar-refractivity contribution in [1.82, 2.24) is 20.4 Å². The lowest BCUT2D eigenvalue weighted by Crippen LogP contribution is -2.50. The second-order valence-electron chi connectivity index (χ2n) is 8.69. The van der Waals surface area contributed by atoms with E-state index in [4.69, 9.17) is 0 Å². The average molecular weight is 440 g/mol. The molecule has 0 bridgehead atoms. The van der Waals surface area contributed by atoms with Gasteiger partial charge in [-0.15, -0.1) is 0 Å². The van der Waals surface area contributed by atoms with Crippen molar-refractivity contribution < 1.29 is 9.59 Å². The molecule has 0 saturated carbocycles. The monoisotopic (exact) mass is 439 g/mol. The zero-order valence-electron chi connectivity index (χ0n) is 19.1. The summed E-state index contributed by atoms with van der Waals surface area (Å²) in [6.07, 6.45) is 6.80. The van der Waals surface area contributed by atoms with Gasteiger partial charge >= 0.3 is 0 Å². The smallest absolute Gasteiger partial charge is 0.222 e. The summed E-state index contributed by atoms with van der Waals surface area (Å²) in [6, 6.07) is 0. The van der Waals surface area contributed by atoms with Crippen LogP contribution < -0.4 is 10.6 Å². The van der Waals surface area contributed by atoms with Gasteiger partial charge in [-0.2, -0.15) is 11.8 Å².